The van der Waals surface area contributed by atoms with E-state index in [-0.39, 0.29) is 25.0 Å². The number of ether oxygens (including phenoxy) is 2. The van der Waals surface area contributed by atoms with Crippen LogP contribution in [0.5, 0.6) is 5.75 Å². The third-order valence-corrected chi connectivity index (χ3v) is 4.36. The van der Waals surface area contributed by atoms with Gasteiger partial charge in [-0.1, -0.05) is 23.4 Å². The predicted octanol–water partition coefficient (Wildman–Crippen LogP) is 3.71. The molecule has 30 heavy (non-hydrogen) atoms. The number of aromatic nitrogens is 1. The first-order valence-corrected chi connectivity index (χ1v) is 9.31. The average molecular weight is 409 g/mol. The van der Waals surface area contributed by atoms with Gasteiger partial charge in [0, 0.05) is 18.5 Å². The summed E-state index contributed by atoms with van der Waals surface area (Å²) in [6.07, 6.45) is 0. The number of nitrogens with zero attached hydrogens (tertiary/aromatic N) is 1. The van der Waals surface area contributed by atoms with Crippen LogP contribution < -0.4 is 15.4 Å². The number of carbonyl (C=O) groups excluding carboxylic acids is 2. The lowest BCUT2D eigenvalue weighted by molar-refractivity contribution is -0.119. The van der Waals surface area contributed by atoms with Crippen LogP contribution in [-0.2, 0) is 16.1 Å². The summed E-state index contributed by atoms with van der Waals surface area (Å²) in [6, 6.07) is 13.8. The number of hydrogen-bond acceptors (Lipinski definition) is 6. The van der Waals surface area contributed by atoms with Crippen molar-refractivity contribution in [2.75, 3.05) is 24.4 Å². The number of aryl methyl sites for hydroxylation is 2. The van der Waals surface area contributed by atoms with Gasteiger partial charge in [0.05, 0.1) is 16.8 Å². The summed E-state index contributed by atoms with van der Waals surface area (Å²) in [7, 11) is 1.45. The van der Waals surface area contributed by atoms with Crippen molar-refractivity contribution >= 4 is 23.2 Å². The van der Waals surface area contributed by atoms with Crippen LogP contribution in [0.2, 0.25) is 0 Å². The Morgan fingerprint density at radius 1 is 1.03 bits per heavy atom. The fourth-order valence-electron chi connectivity index (χ4n) is 2.84. The summed E-state index contributed by atoms with van der Waals surface area (Å²) in [5, 5.41) is 9.44. The Bertz CT molecular complexity index is 1030. The van der Waals surface area contributed by atoms with Gasteiger partial charge in [-0.2, -0.15) is 0 Å². The van der Waals surface area contributed by atoms with Gasteiger partial charge in [-0.05, 0) is 44.2 Å². The molecule has 0 unspecified atom stereocenters. The number of methoxy groups -OCH3 is 1. The molecule has 156 valence electrons. The second-order valence-corrected chi connectivity index (χ2v) is 6.60. The summed E-state index contributed by atoms with van der Waals surface area (Å²) in [5.41, 5.74) is 3.08. The van der Waals surface area contributed by atoms with E-state index >= 15 is 0 Å². The Labute approximate surface area is 174 Å². The van der Waals surface area contributed by atoms with E-state index in [1.807, 2.05) is 13.8 Å². The number of para-hydroxylation sites is 1. The van der Waals surface area contributed by atoms with Gasteiger partial charge in [0.15, 0.2) is 0 Å². The minimum atomic E-state index is -0.329. The van der Waals surface area contributed by atoms with E-state index in [1.165, 1.54) is 7.11 Å². The van der Waals surface area contributed by atoms with Crippen molar-refractivity contribution < 1.29 is 23.6 Å². The molecule has 2 N–H and O–H groups in total. The van der Waals surface area contributed by atoms with Crippen molar-refractivity contribution in [1.82, 2.24) is 5.16 Å². The Morgan fingerprint density at radius 2 is 1.77 bits per heavy atom. The molecule has 0 radical (unpaired) electrons. The Balaban J connectivity index is 1.71. The second kappa shape index (κ2) is 9.71. The van der Waals surface area contributed by atoms with E-state index in [0.717, 1.165) is 11.3 Å². The fourth-order valence-corrected chi connectivity index (χ4v) is 2.84. The standard InChI is InChI=1S/C22H23N3O5/c1-14-19(15(2)30-25-14)12-29-20-10-5-4-9-18(20)22(27)24-17-8-6-7-16(11-17)23-21(26)13-28-3/h4-11H,12-13H2,1-3H3,(H,23,26)(H,24,27). The maximum Gasteiger partial charge on any atom is 0.259 e. The molecule has 0 atom stereocenters. The highest BCUT2D eigenvalue weighted by Crippen LogP contribution is 2.23. The fraction of sp³-hybridized carbons (Fsp3) is 0.227. The first kappa shape index (κ1) is 21.1. The van der Waals surface area contributed by atoms with Crippen LogP contribution in [-0.4, -0.2) is 30.7 Å². The molecule has 1 heterocycles. The zero-order valence-corrected chi connectivity index (χ0v) is 17.0. The molecule has 8 heteroatoms. The molecule has 3 aromatic rings. The lowest BCUT2D eigenvalue weighted by Crippen LogP contribution is -2.17. The first-order chi connectivity index (χ1) is 14.5. The number of nitrogens with one attached hydrogen (secondary N) is 2. The van der Waals surface area contributed by atoms with E-state index in [9.17, 15) is 9.59 Å². The van der Waals surface area contributed by atoms with E-state index in [1.54, 1.807) is 48.5 Å². The Hall–Kier alpha value is -3.65. The van der Waals surface area contributed by atoms with Gasteiger partial charge in [0.1, 0.15) is 24.7 Å². The van der Waals surface area contributed by atoms with Gasteiger partial charge in [-0.15, -0.1) is 0 Å². The highest BCUT2D eigenvalue weighted by molar-refractivity contribution is 6.06. The SMILES string of the molecule is COCC(=O)Nc1cccc(NC(=O)c2ccccc2OCc2c(C)noc2C)c1. The quantitative estimate of drug-likeness (QED) is 0.588. The average Bonchev–Trinajstić information content (AvgIpc) is 3.04. The molecular formula is C22H23N3O5. The molecule has 0 aliphatic carbocycles. The molecule has 8 nitrogen and oxygen atoms in total. The van der Waals surface area contributed by atoms with Gasteiger partial charge >= 0.3 is 0 Å². The molecule has 3 rings (SSSR count). The van der Waals surface area contributed by atoms with Gasteiger partial charge in [0.25, 0.3) is 5.91 Å². The molecule has 0 aliphatic heterocycles. The number of amides is 2. The van der Waals surface area contributed by atoms with Gasteiger partial charge < -0.3 is 24.6 Å². The Morgan fingerprint density at radius 3 is 2.47 bits per heavy atom. The topological polar surface area (TPSA) is 103 Å². The van der Waals surface area contributed by atoms with E-state index < -0.39 is 0 Å². The number of hydrogen-bond donors (Lipinski definition) is 2. The van der Waals surface area contributed by atoms with E-state index in [0.29, 0.717) is 28.4 Å². The molecule has 0 fully saturated rings. The van der Waals surface area contributed by atoms with Crippen molar-refractivity contribution in [3.05, 3.63) is 71.1 Å². The third kappa shape index (κ3) is 5.24. The Kier molecular flexibility index (Phi) is 6.82. The predicted molar refractivity (Wildman–Crippen MR) is 112 cm³/mol. The summed E-state index contributed by atoms with van der Waals surface area (Å²) in [6.45, 7) is 3.85. The summed E-state index contributed by atoms with van der Waals surface area (Å²) in [5.74, 6) is 0.519. The van der Waals surface area contributed by atoms with Crippen LogP contribution in [0.1, 0.15) is 27.4 Å². The molecule has 0 saturated carbocycles. The largest absolute Gasteiger partial charge is 0.488 e. The zero-order chi connectivity index (χ0) is 21.5. The van der Waals surface area contributed by atoms with Crippen LogP contribution >= 0.6 is 0 Å². The van der Waals surface area contributed by atoms with Crippen LogP contribution in [0.3, 0.4) is 0 Å². The molecule has 0 bridgehead atoms. The number of rotatable bonds is 8. The smallest absolute Gasteiger partial charge is 0.259 e. The molecular weight excluding hydrogens is 386 g/mol. The maximum absolute atomic E-state index is 12.8. The molecule has 0 spiro atoms. The molecule has 2 amide bonds. The lowest BCUT2D eigenvalue weighted by Gasteiger charge is -2.12. The van der Waals surface area contributed by atoms with Gasteiger partial charge in [-0.25, -0.2) is 0 Å². The van der Waals surface area contributed by atoms with Crippen molar-refractivity contribution in [2.24, 2.45) is 0 Å². The molecule has 0 aliphatic rings. The number of benzene rings is 2. The third-order valence-electron chi connectivity index (χ3n) is 4.36. The van der Waals surface area contributed by atoms with E-state index in [2.05, 4.69) is 15.8 Å². The number of carbonyl (C=O) groups is 2. The van der Waals surface area contributed by atoms with Crippen LogP contribution in [0.4, 0.5) is 11.4 Å². The zero-order valence-electron chi connectivity index (χ0n) is 17.0. The van der Waals surface area contributed by atoms with Crippen molar-refractivity contribution in [2.45, 2.75) is 20.5 Å². The maximum atomic E-state index is 12.8. The van der Waals surface area contributed by atoms with Crippen molar-refractivity contribution in [3.8, 4) is 5.75 Å². The minimum absolute atomic E-state index is 0.0492. The van der Waals surface area contributed by atoms with Crippen molar-refractivity contribution in [3.63, 3.8) is 0 Å². The summed E-state index contributed by atoms with van der Waals surface area (Å²) in [4.78, 5) is 24.5. The number of anilines is 2. The monoisotopic (exact) mass is 409 g/mol. The lowest BCUT2D eigenvalue weighted by atomic mass is 10.1. The van der Waals surface area contributed by atoms with Crippen molar-refractivity contribution in [1.29, 1.82) is 0 Å². The van der Waals surface area contributed by atoms with Crippen LogP contribution in [0, 0.1) is 13.8 Å². The molecule has 0 saturated heterocycles. The van der Waals surface area contributed by atoms with Gasteiger partial charge in [-0.3, -0.25) is 9.59 Å². The summed E-state index contributed by atoms with van der Waals surface area (Å²) >= 11 is 0. The normalized spacial score (nSPS) is 10.5. The highest BCUT2D eigenvalue weighted by atomic mass is 16.5. The first-order valence-electron chi connectivity index (χ1n) is 9.31. The van der Waals surface area contributed by atoms with Crippen LogP contribution in [0.25, 0.3) is 0 Å². The second-order valence-electron chi connectivity index (χ2n) is 6.60. The molecule has 1 aromatic heterocycles. The molecule has 2 aromatic carbocycles. The van der Waals surface area contributed by atoms with Gasteiger partial charge in [0.2, 0.25) is 5.91 Å². The van der Waals surface area contributed by atoms with Crippen LogP contribution in [0.15, 0.2) is 53.1 Å². The highest BCUT2D eigenvalue weighted by Gasteiger charge is 2.15. The summed E-state index contributed by atoms with van der Waals surface area (Å²) < 4.78 is 15.8. The minimum Gasteiger partial charge on any atom is -0.488 e. The van der Waals surface area contributed by atoms with E-state index in [4.69, 9.17) is 14.0 Å².